The molecule has 0 aromatic carbocycles. The minimum absolute atomic E-state index is 0.159. The van der Waals surface area contributed by atoms with E-state index in [0.717, 1.165) is 38.1 Å². The zero-order valence-electron chi connectivity index (χ0n) is 12.4. The van der Waals surface area contributed by atoms with Crippen LogP contribution >= 0.6 is 0 Å². The molecular weight excluding hydrogens is 224 g/mol. The van der Waals surface area contributed by atoms with Gasteiger partial charge < -0.3 is 10.1 Å². The second-order valence-electron chi connectivity index (χ2n) is 5.89. The van der Waals surface area contributed by atoms with Crippen LogP contribution in [0.5, 0.6) is 0 Å². The number of hydrogen-bond acceptors (Lipinski definition) is 3. The van der Waals surface area contributed by atoms with Crippen LogP contribution in [-0.2, 0) is 4.74 Å². The Bertz CT molecular complexity index is 253. The largest absolute Gasteiger partial charge is 0.375 e. The van der Waals surface area contributed by atoms with E-state index in [9.17, 15) is 0 Å². The average Bonchev–Trinajstić information content (AvgIpc) is 2.47. The molecule has 0 aromatic rings. The average molecular weight is 254 g/mol. The van der Waals surface area contributed by atoms with E-state index in [1.54, 1.807) is 0 Å². The van der Waals surface area contributed by atoms with Gasteiger partial charge in [0.15, 0.2) is 0 Å². The molecule has 106 valence electrons. The first-order chi connectivity index (χ1) is 8.74. The Hall–Kier alpha value is -0.120. The second kappa shape index (κ2) is 6.36. The normalized spacial score (nSPS) is 33.5. The highest BCUT2D eigenvalue weighted by Crippen LogP contribution is 2.34. The van der Waals surface area contributed by atoms with Crippen LogP contribution in [0.25, 0.3) is 0 Å². The maximum Gasteiger partial charge on any atom is 0.0692 e. The lowest BCUT2D eigenvalue weighted by atomic mass is 9.84. The van der Waals surface area contributed by atoms with Crippen LogP contribution in [0, 0.1) is 0 Å². The number of rotatable bonds is 4. The SMILES string of the molecule is CCC1CNCCN1C1CCOC(CC)(CC)C1. The number of nitrogens with one attached hydrogen (secondary N) is 1. The molecule has 2 fully saturated rings. The van der Waals surface area contributed by atoms with E-state index < -0.39 is 0 Å². The third kappa shape index (κ3) is 2.89. The Morgan fingerprint density at radius 1 is 1.28 bits per heavy atom. The van der Waals surface area contributed by atoms with Crippen molar-refractivity contribution in [3.63, 3.8) is 0 Å². The van der Waals surface area contributed by atoms with Gasteiger partial charge in [-0.2, -0.15) is 0 Å². The van der Waals surface area contributed by atoms with E-state index in [-0.39, 0.29) is 5.60 Å². The molecule has 0 bridgehead atoms. The molecule has 2 aliphatic heterocycles. The highest BCUT2D eigenvalue weighted by molar-refractivity contribution is 4.93. The summed E-state index contributed by atoms with van der Waals surface area (Å²) in [5.41, 5.74) is 0.159. The van der Waals surface area contributed by atoms with Gasteiger partial charge in [-0.1, -0.05) is 20.8 Å². The Kier molecular flexibility index (Phi) is 5.05. The van der Waals surface area contributed by atoms with Crippen molar-refractivity contribution in [2.75, 3.05) is 26.2 Å². The lowest BCUT2D eigenvalue weighted by Crippen LogP contribution is -2.58. The summed E-state index contributed by atoms with van der Waals surface area (Å²) in [6.45, 7) is 11.4. The summed E-state index contributed by atoms with van der Waals surface area (Å²) in [5.74, 6) is 0. The van der Waals surface area contributed by atoms with Gasteiger partial charge in [-0.3, -0.25) is 4.90 Å². The molecular formula is C15H30N2O. The van der Waals surface area contributed by atoms with Gasteiger partial charge in [0.05, 0.1) is 5.60 Å². The summed E-state index contributed by atoms with van der Waals surface area (Å²) in [6, 6.07) is 1.47. The van der Waals surface area contributed by atoms with Crippen LogP contribution in [0.3, 0.4) is 0 Å². The minimum Gasteiger partial charge on any atom is -0.375 e. The van der Waals surface area contributed by atoms with E-state index in [4.69, 9.17) is 4.74 Å². The fraction of sp³-hybridized carbons (Fsp3) is 1.00. The smallest absolute Gasteiger partial charge is 0.0692 e. The molecule has 2 rings (SSSR count). The quantitative estimate of drug-likeness (QED) is 0.834. The third-order valence-corrected chi connectivity index (χ3v) is 5.09. The topological polar surface area (TPSA) is 24.5 Å². The summed E-state index contributed by atoms with van der Waals surface area (Å²) in [4.78, 5) is 2.76. The summed E-state index contributed by atoms with van der Waals surface area (Å²) >= 11 is 0. The van der Waals surface area contributed by atoms with E-state index >= 15 is 0 Å². The van der Waals surface area contributed by atoms with Crippen molar-refractivity contribution in [3.05, 3.63) is 0 Å². The first-order valence-electron chi connectivity index (χ1n) is 7.85. The van der Waals surface area contributed by atoms with Crippen LogP contribution in [0.15, 0.2) is 0 Å². The molecule has 2 saturated heterocycles. The molecule has 0 radical (unpaired) electrons. The molecule has 0 saturated carbocycles. The first kappa shape index (κ1) is 14.3. The Morgan fingerprint density at radius 2 is 2.06 bits per heavy atom. The Morgan fingerprint density at radius 3 is 2.72 bits per heavy atom. The van der Waals surface area contributed by atoms with Gasteiger partial charge in [0.25, 0.3) is 0 Å². The monoisotopic (exact) mass is 254 g/mol. The Labute approximate surface area is 112 Å². The molecule has 0 spiro atoms. The van der Waals surface area contributed by atoms with Crippen LogP contribution in [0.2, 0.25) is 0 Å². The second-order valence-corrected chi connectivity index (χ2v) is 5.89. The van der Waals surface area contributed by atoms with E-state index in [2.05, 4.69) is 31.0 Å². The van der Waals surface area contributed by atoms with Crippen molar-refractivity contribution in [3.8, 4) is 0 Å². The van der Waals surface area contributed by atoms with E-state index in [0.29, 0.717) is 0 Å². The van der Waals surface area contributed by atoms with E-state index in [1.165, 1.54) is 32.4 Å². The van der Waals surface area contributed by atoms with E-state index in [1.807, 2.05) is 0 Å². The summed E-state index contributed by atoms with van der Waals surface area (Å²) in [6.07, 6.45) is 6.02. The van der Waals surface area contributed by atoms with Crippen LogP contribution < -0.4 is 5.32 Å². The zero-order chi connectivity index (χ0) is 13.0. The summed E-state index contributed by atoms with van der Waals surface area (Å²) in [7, 11) is 0. The van der Waals surface area contributed by atoms with Gasteiger partial charge in [0, 0.05) is 38.3 Å². The van der Waals surface area contributed by atoms with Crippen molar-refractivity contribution in [2.45, 2.75) is 70.6 Å². The maximum absolute atomic E-state index is 6.11. The molecule has 2 heterocycles. The van der Waals surface area contributed by atoms with Crippen LogP contribution in [-0.4, -0.2) is 48.8 Å². The molecule has 2 unspecified atom stereocenters. The minimum atomic E-state index is 0.159. The Balaban J connectivity index is 2.02. The summed E-state index contributed by atoms with van der Waals surface area (Å²) in [5, 5.41) is 3.53. The molecule has 3 heteroatoms. The van der Waals surface area contributed by atoms with Crippen molar-refractivity contribution in [2.24, 2.45) is 0 Å². The van der Waals surface area contributed by atoms with Crippen molar-refractivity contribution < 1.29 is 4.74 Å². The molecule has 0 amide bonds. The van der Waals surface area contributed by atoms with Gasteiger partial charge in [0.1, 0.15) is 0 Å². The number of nitrogens with zero attached hydrogens (tertiary/aromatic N) is 1. The lowest BCUT2D eigenvalue weighted by Gasteiger charge is -2.48. The van der Waals surface area contributed by atoms with Gasteiger partial charge in [-0.15, -0.1) is 0 Å². The molecule has 18 heavy (non-hydrogen) atoms. The molecule has 2 aliphatic rings. The molecule has 1 N–H and O–H groups in total. The maximum atomic E-state index is 6.11. The van der Waals surface area contributed by atoms with Gasteiger partial charge in [-0.05, 0) is 32.1 Å². The highest BCUT2D eigenvalue weighted by Gasteiger charge is 2.38. The predicted octanol–water partition coefficient (Wildman–Crippen LogP) is 2.41. The fourth-order valence-corrected chi connectivity index (χ4v) is 3.66. The van der Waals surface area contributed by atoms with Gasteiger partial charge in [0.2, 0.25) is 0 Å². The molecule has 2 atom stereocenters. The number of hydrogen-bond donors (Lipinski definition) is 1. The van der Waals surface area contributed by atoms with Crippen LogP contribution in [0.1, 0.15) is 52.9 Å². The number of piperazine rings is 1. The van der Waals surface area contributed by atoms with Gasteiger partial charge in [-0.25, -0.2) is 0 Å². The van der Waals surface area contributed by atoms with Crippen LogP contribution in [0.4, 0.5) is 0 Å². The highest BCUT2D eigenvalue weighted by atomic mass is 16.5. The van der Waals surface area contributed by atoms with Crippen molar-refractivity contribution >= 4 is 0 Å². The fourth-order valence-electron chi connectivity index (χ4n) is 3.66. The molecule has 0 aromatic heterocycles. The summed E-state index contributed by atoms with van der Waals surface area (Å²) < 4.78 is 6.11. The first-order valence-corrected chi connectivity index (χ1v) is 7.85. The standard InChI is InChI=1S/C15H30N2O/c1-4-13-12-16-8-9-17(13)14-7-10-18-15(5-2,6-3)11-14/h13-14,16H,4-12H2,1-3H3. The molecule has 3 nitrogen and oxygen atoms in total. The zero-order valence-corrected chi connectivity index (χ0v) is 12.4. The lowest BCUT2D eigenvalue weighted by molar-refractivity contribution is -0.116. The van der Waals surface area contributed by atoms with Crippen molar-refractivity contribution in [1.82, 2.24) is 10.2 Å². The van der Waals surface area contributed by atoms with Gasteiger partial charge >= 0.3 is 0 Å². The number of ether oxygens (including phenoxy) is 1. The predicted molar refractivity (Wildman–Crippen MR) is 75.9 cm³/mol. The third-order valence-electron chi connectivity index (χ3n) is 5.09. The molecule has 0 aliphatic carbocycles. The van der Waals surface area contributed by atoms with Crippen molar-refractivity contribution in [1.29, 1.82) is 0 Å².